The van der Waals surface area contributed by atoms with Crippen molar-refractivity contribution in [2.45, 2.75) is 46.1 Å². The van der Waals surface area contributed by atoms with Gasteiger partial charge in [-0.25, -0.2) is 0 Å². The first kappa shape index (κ1) is 15.0. The Kier molecular flexibility index (Phi) is 5.18. The first-order valence-electron chi connectivity index (χ1n) is 7.55. The summed E-state index contributed by atoms with van der Waals surface area (Å²) in [5, 5.41) is 8.74. The molecule has 1 aromatic rings. The molecule has 0 unspecified atom stereocenters. The average Bonchev–Trinajstić information content (AvgIpc) is 2.42. The molecule has 0 amide bonds. The van der Waals surface area contributed by atoms with Crippen LogP contribution in [0.25, 0.3) is 0 Å². The van der Waals surface area contributed by atoms with Gasteiger partial charge in [0.15, 0.2) is 0 Å². The molecule has 1 aliphatic rings. The molecular weight excluding hydrogens is 250 g/mol. The number of carboxylic acids is 1. The van der Waals surface area contributed by atoms with Gasteiger partial charge in [-0.3, -0.25) is 9.69 Å². The Morgan fingerprint density at radius 3 is 2.40 bits per heavy atom. The van der Waals surface area contributed by atoms with Crippen LogP contribution in [0.2, 0.25) is 0 Å². The molecule has 2 rings (SSSR count). The second-order valence-corrected chi connectivity index (χ2v) is 6.02. The van der Waals surface area contributed by atoms with E-state index < -0.39 is 5.97 Å². The number of hydrogen-bond acceptors (Lipinski definition) is 2. The van der Waals surface area contributed by atoms with E-state index in [0.717, 1.165) is 38.9 Å². The highest BCUT2D eigenvalue weighted by Gasteiger charge is 2.20. The zero-order valence-corrected chi connectivity index (χ0v) is 12.6. The molecule has 1 N–H and O–H groups in total. The predicted molar refractivity (Wildman–Crippen MR) is 80.8 cm³/mol. The van der Waals surface area contributed by atoms with Crippen LogP contribution >= 0.6 is 0 Å². The van der Waals surface area contributed by atoms with Crippen LogP contribution in [0.3, 0.4) is 0 Å². The second-order valence-electron chi connectivity index (χ2n) is 6.02. The summed E-state index contributed by atoms with van der Waals surface area (Å²) < 4.78 is 0. The van der Waals surface area contributed by atoms with Crippen molar-refractivity contribution < 1.29 is 9.90 Å². The Hall–Kier alpha value is -1.35. The van der Waals surface area contributed by atoms with Gasteiger partial charge in [-0.2, -0.15) is 0 Å². The van der Waals surface area contributed by atoms with Gasteiger partial charge < -0.3 is 5.11 Å². The van der Waals surface area contributed by atoms with E-state index in [9.17, 15) is 4.79 Å². The Morgan fingerprint density at radius 1 is 1.25 bits per heavy atom. The topological polar surface area (TPSA) is 40.5 Å². The minimum atomic E-state index is -0.664. The fraction of sp³-hybridized carbons (Fsp3) is 0.588. The van der Waals surface area contributed by atoms with Gasteiger partial charge in [-0.1, -0.05) is 18.2 Å². The van der Waals surface area contributed by atoms with Crippen molar-refractivity contribution in [2.24, 2.45) is 5.92 Å². The summed E-state index contributed by atoms with van der Waals surface area (Å²) in [6, 6.07) is 6.48. The standard InChI is InChI=1S/C17H25NO2/c1-13-4-3-5-14(2)16(13)12-18-10-8-15(9-11-18)6-7-17(19)20/h3-5,15H,6-12H2,1-2H3,(H,19,20). The van der Waals surface area contributed by atoms with Crippen LogP contribution in [-0.2, 0) is 11.3 Å². The van der Waals surface area contributed by atoms with E-state index in [2.05, 4.69) is 36.9 Å². The van der Waals surface area contributed by atoms with E-state index in [-0.39, 0.29) is 0 Å². The highest BCUT2D eigenvalue weighted by atomic mass is 16.4. The van der Waals surface area contributed by atoms with Gasteiger partial charge in [0.1, 0.15) is 0 Å². The first-order valence-corrected chi connectivity index (χ1v) is 7.55. The Balaban J connectivity index is 1.84. The van der Waals surface area contributed by atoms with Crippen molar-refractivity contribution >= 4 is 5.97 Å². The summed E-state index contributed by atoms with van der Waals surface area (Å²) in [6.07, 6.45) is 3.44. The summed E-state index contributed by atoms with van der Waals surface area (Å²) >= 11 is 0. The number of carbonyl (C=O) groups is 1. The lowest BCUT2D eigenvalue weighted by Gasteiger charge is -2.32. The molecule has 1 aromatic carbocycles. The first-order chi connectivity index (χ1) is 9.56. The van der Waals surface area contributed by atoms with Crippen molar-refractivity contribution in [3.05, 3.63) is 34.9 Å². The normalized spacial score (nSPS) is 17.3. The fourth-order valence-corrected chi connectivity index (χ4v) is 3.08. The molecule has 3 heteroatoms. The SMILES string of the molecule is Cc1cccc(C)c1CN1CCC(CCC(=O)O)CC1. The number of piperidine rings is 1. The summed E-state index contributed by atoms with van der Waals surface area (Å²) in [5.74, 6) is -0.0664. The zero-order chi connectivity index (χ0) is 14.5. The minimum absolute atomic E-state index is 0.321. The summed E-state index contributed by atoms with van der Waals surface area (Å²) in [7, 11) is 0. The molecule has 0 bridgehead atoms. The number of aryl methyl sites for hydroxylation is 2. The van der Waals surface area contributed by atoms with Gasteiger partial charge >= 0.3 is 5.97 Å². The van der Waals surface area contributed by atoms with Gasteiger partial charge in [0.2, 0.25) is 0 Å². The lowest BCUT2D eigenvalue weighted by molar-refractivity contribution is -0.137. The maximum Gasteiger partial charge on any atom is 0.303 e. The van der Waals surface area contributed by atoms with Crippen molar-refractivity contribution in [1.82, 2.24) is 4.90 Å². The van der Waals surface area contributed by atoms with Crippen LogP contribution < -0.4 is 0 Å². The van der Waals surface area contributed by atoms with E-state index in [1.54, 1.807) is 0 Å². The van der Waals surface area contributed by atoms with E-state index >= 15 is 0 Å². The van der Waals surface area contributed by atoms with Crippen molar-refractivity contribution in [2.75, 3.05) is 13.1 Å². The second kappa shape index (κ2) is 6.89. The van der Waals surface area contributed by atoms with Gasteiger partial charge in [0.05, 0.1) is 0 Å². The molecule has 1 fully saturated rings. The molecule has 1 saturated heterocycles. The summed E-state index contributed by atoms with van der Waals surface area (Å²) in [5.41, 5.74) is 4.20. The van der Waals surface area contributed by atoms with E-state index in [1.807, 2.05) is 0 Å². The number of benzene rings is 1. The monoisotopic (exact) mass is 275 g/mol. The molecule has 0 saturated carbocycles. The molecule has 0 atom stereocenters. The van der Waals surface area contributed by atoms with Gasteiger partial charge in [-0.15, -0.1) is 0 Å². The molecule has 110 valence electrons. The molecule has 3 nitrogen and oxygen atoms in total. The zero-order valence-electron chi connectivity index (χ0n) is 12.6. The maximum atomic E-state index is 10.6. The molecule has 0 spiro atoms. The lowest BCUT2D eigenvalue weighted by Crippen LogP contribution is -2.33. The van der Waals surface area contributed by atoms with Crippen LogP contribution in [0.15, 0.2) is 18.2 Å². The Morgan fingerprint density at radius 2 is 1.85 bits per heavy atom. The Bertz CT molecular complexity index is 442. The van der Waals surface area contributed by atoms with Crippen molar-refractivity contribution in [3.63, 3.8) is 0 Å². The lowest BCUT2D eigenvalue weighted by atomic mass is 9.91. The number of hydrogen-bond donors (Lipinski definition) is 1. The maximum absolute atomic E-state index is 10.6. The summed E-state index contributed by atoms with van der Waals surface area (Å²) in [4.78, 5) is 13.1. The molecule has 20 heavy (non-hydrogen) atoms. The van der Waals surface area contributed by atoms with E-state index in [0.29, 0.717) is 12.3 Å². The highest BCUT2D eigenvalue weighted by molar-refractivity contribution is 5.66. The van der Waals surface area contributed by atoms with E-state index in [1.165, 1.54) is 16.7 Å². The van der Waals surface area contributed by atoms with Crippen LogP contribution in [0.5, 0.6) is 0 Å². The fourth-order valence-electron chi connectivity index (χ4n) is 3.08. The quantitative estimate of drug-likeness (QED) is 0.895. The van der Waals surface area contributed by atoms with Crippen LogP contribution in [0.1, 0.15) is 42.4 Å². The van der Waals surface area contributed by atoms with Crippen LogP contribution in [0, 0.1) is 19.8 Å². The van der Waals surface area contributed by atoms with Gasteiger partial charge in [0.25, 0.3) is 0 Å². The van der Waals surface area contributed by atoms with Crippen molar-refractivity contribution in [1.29, 1.82) is 0 Å². The Labute approximate surface area is 121 Å². The molecule has 0 aliphatic carbocycles. The van der Waals surface area contributed by atoms with Crippen LogP contribution in [0.4, 0.5) is 0 Å². The third kappa shape index (κ3) is 4.07. The average molecular weight is 275 g/mol. The largest absolute Gasteiger partial charge is 0.481 e. The van der Waals surface area contributed by atoms with Gasteiger partial charge in [-0.05, 0) is 68.8 Å². The van der Waals surface area contributed by atoms with Gasteiger partial charge in [0, 0.05) is 13.0 Å². The molecule has 0 radical (unpaired) electrons. The molecular formula is C17H25NO2. The summed E-state index contributed by atoms with van der Waals surface area (Å²) in [6.45, 7) is 7.59. The minimum Gasteiger partial charge on any atom is -0.481 e. The smallest absolute Gasteiger partial charge is 0.303 e. The molecule has 0 aromatic heterocycles. The molecule has 1 aliphatic heterocycles. The van der Waals surface area contributed by atoms with Crippen molar-refractivity contribution in [3.8, 4) is 0 Å². The predicted octanol–water partition coefficient (Wildman–Crippen LogP) is 3.38. The third-order valence-corrected chi connectivity index (χ3v) is 4.50. The number of nitrogens with zero attached hydrogens (tertiary/aromatic N) is 1. The number of carboxylic acid groups (broad SMARTS) is 1. The number of likely N-dealkylation sites (tertiary alicyclic amines) is 1. The van der Waals surface area contributed by atoms with E-state index in [4.69, 9.17) is 5.11 Å². The third-order valence-electron chi connectivity index (χ3n) is 4.50. The highest BCUT2D eigenvalue weighted by Crippen LogP contribution is 2.24. The van der Waals surface area contributed by atoms with Crippen LogP contribution in [-0.4, -0.2) is 29.1 Å². The number of rotatable bonds is 5. The number of aliphatic carboxylic acids is 1. The molecule has 1 heterocycles.